The summed E-state index contributed by atoms with van der Waals surface area (Å²) in [6.45, 7) is 6.44. The third-order valence-electron chi connectivity index (χ3n) is 3.69. The topological polar surface area (TPSA) is 66.8 Å². The Hall–Kier alpha value is -2.30. The number of carboxylic acids is 1. The molecule has 0 bridgehead atoms. The van der Waals surface area contributed by atoms with Gasteiger partial charge < -0.3 is 14.7 Å². The largest absolute Gasteiger partial charge is 0.489 e. The number of carbonyl (C=O) groups excluding carboxylic acids is 1. The van der Waals surface area contributed by atoms with E-state index in [4.69, 9.17) is 9.84 Å². The monoisotopic (exact) mass is 289 g/mol. The lowest BCUT2D eigenvalue weighted by molar-refractivity contribution is -0.142. The highest BCUT2D eigenvalue weighted by Gasteiger charge is 2.37. The minimum atomic E-state index is -0.853. The molecule has 112 valence electrons. The second-order valence-corrected chi connectivity index (χ2v) is 5.23. The highest BCUT2D eigenvalue weighted by molar-refractivity contribution is 5.97. The molecule has 1 saturated heterocycles. The molecule has 0 saturated carbocycles. The SMILES string of the molecule is C=CCOc1ccccc1C(=O)N1C[C@@H](C)[C@H](C(=O)O)C1. The second kappa shape index (κ2) is 6.43. The molecule has 21 heavy (non-hydrogen) atoms. The van der Waals surface area contributed by atoms with Gasteiger partial charge in [0.1, 0.15) is 12.4 Å². The average Bonchev–Trinajstić information content (AvgIpc) is 2.87. The number of para-hydroxylation sites is 1. The summed E-state index contributed by atoms with van der Waals surface area (Å²) >= 11 is 0. The van der Waals surface area contributed by atoms with E-state index < -0.39 is 11.9 Å². The summed E-state index contributed by atoms with van der Waals surface area (Å²) in [5.41, 5.74) is 0.456. The lowest BCUT2D eigenvalue weighted by Gasteiger charge is -2.18. The van der Waals surface area contributed by atoms with E-state index >= 15 is 0 Å². The first kappa shape index (κ1) is 15.1. The Morgan fingerprint density at radius 1 is 1.43 bits per heavy atom. The van der Waals surface area contributed by atoms with E-state index in [2.05, 4.69) is 6.58 Å². The molecular formula is C16H19NO4. The molecule has 2 atom stereocenters. The van der Waals surface area contributed by atoms with Gasteiger partial charge in [-0.1, -0.05) is 31.7 Å². The van der Waals surface area contributed by atoms with E-state index in [1.165, 1.54) is 0 Å². The van der Waals surface area contributed by atoms with E-state index in [1.54, 1.807) is 35.2 Å². The Labute approximate surface area is 123 Å². The van der Waals surface area contributed by atoms with Gasteiger partial charge in [-0.15, -0.1) is 0 Å². The molecule has 5 nitrogen and oxygen atoms in total. The summed E-state index contributed by atoms with van der Waals surface area (Å²) in [5.74, 6) is -1.10. The predicted octanol–water partition coefficient (Wildman–Crippen LogP) is 2.04. The highest BCUT2D eigenvalue weighted by atomic mass is 16.5. The molecule has 1 aromatic carbocycles. The summed E-state index contributed by atoms with van der Waals surface area (Å²) in [6.07, 6.45) is 1.61. The van der Waals surface area contributed by atoms with Crippen molar-refractivity contribution >= 4 is 11.9 Å². The molecule has 2 rings (SSSR count). The number of carboxylic acid groups (broad SMARTS) is 1. The Kier molecular flexibility index (Phi) is 4.62. The summed E-state index contributed by atoms with van der Waals surface area (Å²) in [6, 6.07) is 6.98. The van der Waals surface area contributed by atoms with Crippen molar-refractivity contribution in [2.24, 2.45) is 11.8 Å². The molecule has 0 radical (unpaired) electrons. The lowest BCUT2D eigenvalue weighted by Crippen LogP contribution is -2.30. The normalized spacial score (nSPS) is 21.1. The first-order chi connectivity index (χ1) is 10.0. The summed E-state index contributed by atoms with van der Waals surface area (Å²) in [4.78, 5) is 25.3. The van der Waals surface area contributed by atoms with Gasteiger partial charge in [-0.2, -0.15) is 0 Å². The molecule has 1 N–H and O–H groups in total. The minimum absolute atomic E-state index is 0.0484. The van der Waals surface area contributed by atoms with Gasteiger partial charge in [0.25, 0.3) is 5.91 Å². The van der Waals surface area contributed by atoms with Crippen molar-refractivity contribution in [2.75, 3.05) is 19.7 Å². The maximum Gasteiger partial charge on any atom is 0.308 e. The zero-order valence-electron chi connectivity index (χ0n) is 12.0. The first-order valence-electron chi connectivity index (χ1n) is 6.89. The maximum atomic E-state index is 12.6. The zero-order valence-corrected chi connectivity index (χ0v) is 12.0. The fraction of sp³-hybridized carbons (Fsp3) is 0.375. The van der Waals surface area contributed by atoms with E-state index in [9.17, 15) is 9.59 Å². The summed E-state index contributed by atoms with van der Waals surface area (Å²) in [7, 11) is 0. The molecule has 1 fully saturated rings. The van der Waals surface area contributed by atoms with Crippen LogP contribution in [0.1, 0.15) is 17.3 Å². The van der Waals surface area contributed by atoms with Crippen molar-refractivity contribution in [1.82, 2.24) is 4.90 Å². The van der Waals surface area contributed by atoms with E-state index in [-0.39, 0.29) is 18.4 Å². The number of amides is 1. The van der Waals surface area contributed by atoms with Gasteiger partial charge in [0.2, 0.25) is 0 Å². The zero-order chi connectivity index (χ0) is 15.4. The van der Waals surface area contributed by atoms with E-state index in [0.29, 0.717) is 24.5 Å². The number of hydrogen-bond donors (Lipinski definition) is 1. The average molecular weight is 289 g/mol. The smallest absolute Gasteiger partial charge is 0.308 e. The quantitative estimate of drug-likeness (QED) is 0.842. The Morgan fingerprint density at radius 2 is 2.14 bits per heavy atom. The number of benzene rings is 1. The predicted molar refractivity (Wildman–Crippen MR) is 78.3 cm³/mol. The molecule has 1 aromatic rings. The van der Waals surface area contributed by atoms with Crippen molar-refractivity contribution < 1.29 is 19.4 Å². The Balaban J connectivity index is 2.17. The first-order valence-corrected chi connectivity index (χ1v) is 6.89. The number of hydrogen-bond acceptors (Lipinski definition) is 3. The number of rotatable bonds is 5. The van der Waals surface area contributed by atoms with Crippen molar-refractivity contribution in [3.63, 3.8) is 0 Å². The van der Waals surface area contributed by atoms with Crippen LogP contribution in [-0.4, -0.2) is 41.6 Å². The number of aliphatic carboxylic acids is 1. The number of likely N-dealkylation sites (tertiary alicyclic amines) is 1. The van der Waals surface area contributed by atoms with Gasteiger partial charge in [0.05, 0.1) is 11.5 Å². The van der Waals surface area contributed by atoms with Crippen LogP contribution in [0.5, 0.6) is 5.75 Å². The molecule has 1 heterocycles. The van der Waals surface area contributed by atoms with E-state index in [0.717, 1.165) is 0 Å². The molecule has 1 amide bonds. The fourth-order valence-electron chi connectivity index (χ4n) is 2.54. The molecule has 1 aliphatic heterocycles. The van der Waals surface area contributed by atoms with Crippen LogP contribution in [0.3, 0.4) is 0 Å². The van der Waals surface area contributed by atoms with Crippen molar-refractivity contribution in [3.05, 3.63) is 42.5 Å². The molecule has 0 spiro atoms. The molecule has 0 unspecified atom stereocenters. The van der Waals surface area contributed by atoms with Crippen LogP contribution in [0.2, 0.25) is 0 Å². The van der Waals surface area contributed by atoms with Crippen molar-refractivity contribution in [1.29, 1.82) is 0 Å². The van der Waals surface area contributed by atoms with Crippen LogP contribution >= 0.6 is 0 Å². The fourth-order valence-corrected chi connectivity index (χ4v) is 2.54. The number of ether oxygens (including phenoxy) is 1. The van der Waals surface area contributed by atoms with Crippen LogP contribution < -0.4 is 4.74 Å². The van der Waals surface area contributed by atoms with Gasteiger partial charge in [-0.05, 0) is 18.1 Å². The molecule has 0 aliphatic carbocycles. The highest BCUT2D eigenvalue weighted by Crippen LogP contribution is 2.27. The number of carbonyl (C=O) groups is 2. The van der Waals surface area contributed by atoms with Gasteiger partial charge in [0, 0.05) is 13.1 Å². The standard InChI is InChI=1S/C16H19NO4/c1-3-8-21-14-7-5-4-6-12(14)15(18)17-9-11(2)13(10-17)16(19)20/h3-7,11,13H,1,8-10H2,2H3,(H,19,20)/t11-,13-/m1/s1. The van der Waals surface area contributed by atoms with Crippen molar-refractivity contribution in [3.8, 4) is 5.75 Å². The summed E-state index contributed by atoms with van der Waals surface area (Å²) in [5, 5.41) is 9.15. The van der Waals surface area contributed by atoms with E-state index in [1.807, 2.05) is 6.92 Å². The minimum Gasteiger partial charge on any atom is -0.489 e. The summed E-state index contributed by atoms with van der Waals surface area (Å²) < 4.78 is 5.49. The van der Waals surface area contributed by atoms with Crippen molar-refractivity contribution in [2.45, 2.75) is 6.92 Å². The lowest BCUT2D eigenvalue weighted by atomic mass is 9.99. The molecule has 1 aliphatic rings. The number of nitrogens with zero attached hydrogens (tertiary/aromatic N) is 1. The van der Waals surface area contributed by atoms with Crippen LogP contribution in [0, 0.1) is 11.8 Å². The third-order valence-corrected chi connectivity index (χ3v) is 3.69. The van der Waals surface area contributed by atoms with Crippen LogP contribution in [-0.2, 0) is 4.79 Å². The van der Waals surface area contributed by atoms with Gasteiger partial charge in [-0.3, -0.25) is 9.59 Å². The van der Waals surface area contributed by atoms with Crippen LogP contribution in [0.15, 0.2) is 36.9 Å². The van der Waals surface area contributed by atoms with Gasteiger partial charge in [0.15, 0.2) is 0 Å². The molecular weight excluding hydrogens is 270 g/mol. The Bertz CT molecular complexity index is 555. The molecule has 5 heteroatoms. The van der Waals surface area contributed by atoms with Crippen LogP contribution in [0.4, 0.5) is 0 Å². The second-order valence-electron chi connectivity index (χ2n) is 5.23. The van der Waals surface area contributed by atoms with Gasteiger partial charge >= 0.3 is 5.97 Å². The van der Waals surface area contributed by atoms with Gasteiger partial charge in [-0.25, -0.2) is 0 Å². The maximum absolute atomic E-state index is 12.6. The Morgan fingerprint density at radius 3 is 2.76 bits per heavy atom. The van der Waals surface area contributed by atoms with Crippen LogP contribution in [0.25, 0.3) is 0 Å². The third kappa shape index (κ3) is 3.24. The molecule has 0 aromatic heterocycles.